The number of benzene rings is 1. The summed E-state index contributed by atoms with van der Waals surface area (Å²) in [6.45, 7) is 2.40. The Balaban J connectivity index is 1.50. The molecule has 1 heterocycles. The van der Waals surface area contributed by atoms with E-state index < -0.39 is 6.10 Å². The molecular weight excluding hydrogens is 252 g/mol. The highest BCUT2D eigenvalue weighted by molar-refractivity contribution is 5.28. The van der Waals surface area contributed by atoms with Crippen molar-refractivity contribution in [3.8, 4) is 5.75 Å². The molecule has 1 saturated carbocycles. The summed E-state index contributed by atoms with van der Waals surface area (Å²) in [4.78, 5) is 0. The van der Waals surface area contributed by atoms with Crippen molar-refractivity contribution in [1.82, 2.24) is 0 Å². The molecule has 20 heavy (non-hydrogen) atoms. The summed E-state index contributed by atoms with van der Waals surface area (Å²) in [6.07, 6.45) is 7.21. The first kappa shape index (κ1) is 13.9. The molecule has 1 saturated heterocycles. The molecule has 2 atom stereocenters. The Morgan fingerprint density at radius 1 is 1.25 bits per heavy atom. The molecule has 1 unspecified atom stereocenters. The summed E-state index contributed by atoms with van der Waals surface area (Å²) in [6, 6.07) is 7.66. The molecule has 110 valence electrons. The van der Waals surface area contributed by atoms with Gasteiger partial charge in [0.05, 0.1) is 17.8 Å². The molecule has 1 spiro atoms. The van der Waals surface area contributed by atoms with Crippen molar-refractivity contribution in [3.63, 3.8) is 0 Å². The predicted molar refractivity (Wildman–Crippen MR) is 77.9 cm³/mol. The van der Waals surface area contributed by atoms with E-state index >= 15 is 0 Å². The number of hydrogen-bond acceptors (Lipinski definition) is 3. The highest BCUT2D eigenvalue weighted by Crippen LogP contribution is 2.43. The second-order valence-electron chi connectivity index (χ2n) is 6.22. The van der Waals surface area contributed by atoms with E-state index in [4.69, 9.17) is 9.47 Å². The zero-order valence-electron chi connectivity index (χ0n) is 12.2. The lowest BCUT2D eigenvalue weighted by Gasteiger charge is -2.23. The maximum Gasteiger partial charge on any atom is 0.119 e. The Hall–Kier alpha value is -1.06. The minimum absolute atomic E-state index is 0.185. The van der Waals surface area contributed by atoms with Gasteiger partial charge in [-0.15, -0.1) is 0 Å². The van der Waals surface area contributed by atoms with Crippen molar-refractivity contribution < 1.29 is 14.6 Å². The van der Waals surface area contributed by atoms with Crippen molar-refractivity contribution in [2.45, 2.75) is 63.3 Å². The zero-order valence-corrected chi connectivity index (χ0v) is 12.2. The maximum atomic E-state index is 9.47. The molecule has 0 aromatic heterocycles. The minimum Gasteiger partial charge on any atom is -0.491 e. The van der Waals surface area contributed by atoms with E-state index in [1.807, 2.05) is 24.3 Å². The molecule has 1 N–H and O–H groups in total. The van der Waals surface area contributed by atoms with E-state index in [-0.39, 0.29) is 11.7 Å². The van der Waals surface area contributed by atoms with Gasteiger partial charge in [0.1, 0.15) is 12.4 Å². The van der Waals surface area contributed by atoms with Crippen LogP contribution >= 0.6 is 0 Å². The number of aliphatic hydroxyl groups is 1. The fourth-order valence-corrected chi connectivity index (χ4v) is 3.43. The van der Waals surface area contributed by atoms with Gasteiger partial charge in [-0.05, 0) is 50.3 Å². The average Bonchev–Trinajstić information content (AvgIpc) is 3.08. The highest BCUT2D eigenvalue weighted by Gasteiger charge is 2.42. The average molecular weight is 276 g/mol. The summed E-state index contributed by atoms with van der Waals surface area (Å²) < 4.78 is 12.0. The molecule has 0 amide bonds. The smallest absolute Gasteiger partial charge is 0.119 e. The molecule has 3 nitrogen and oxygen atoms in total. The van der Waals surface area contributed by atoms with Crippen LogP contribution in [0.15, 0.2) is 24.3 Å². The summed E-state index contributed by atoms with van der Waals surface area (Å²) in [5, 5.41) is 9.47. The maximum absolute atomic E-state index is 9.47. The standard InChI is InChI=1S/C17H24O3/c1-13(18)14-4-6-15(7-5-14)19-12-16-8-11-17(20-16)9-2-3-10-17/h4-7,13,16,18H,2-3,8-12H2,1H3/t13-,16?/m0/s1. The van der Waals surface area contributed by atoms with Gasteiger partial charge in [-0.25, -0.2) is 0 Å². The first-order valence-electron chi connectivity index (χ1n) is 7.76. The van der Waals surface area contributed by atoms with Crippen LogP contribution < -0.4 is 4.74 Å². The van der Waals surface area contributed by atoms with E-state index in [1.165, 1.54) is 32.1 Å². The Bertz CT molecular complexity index is 432. The quantitative estimate of drug-likeness (QED) is 0.913. The Morgan fingerprint density at radius 2 is 1.95 bits per heavy atom. The molecule has 0 radical (unpaired) electrons. The van der Waals surface area contributed by atoms with E-state index in [0.29, 0.717) is 6.61 Å². The third-order valence-corrected chi connectivity index (χ3v) is 4.65. The van der Waals surface area contributed by atoms with Gasteiger partial charge >= 0.3 is 0 Å². The highest BCUT2D eigenvalue weighted by atomic mass is 16.6. The minimum atomic E-state index is -0.426. The molecule has 1 aromatic rings. The van der Waals surface area contributed by atoms with Crippen LogP contribution in [0.1, 0.15) is 57.1 Å². The summed E-state index contributed by atoms with van der Waals surface area (Å²) in [5.41, 5.74) is 1.10. The van der Waals surface area contributed by atoms with Gasteiger partial charge < -0.3 is 14.6 Å². The van der Waals surface area contributed by atoms with Crippen LogP contribution in [-0.2, 0) is 4.74 Å². The summed E-state index contributed by atoms with van der Waals surface area (Å²) in [7, 11) is 0. The molecule has 0 bridgehead atoms. The second kappa shape index (κ2) is 5.74. The Morgan fingerprint density at radius 3 is 2.60 bits per heavy atom. The van der Waals surface area contributed by atoms with Crippen LogP contribution in [0.25, 0.3) is 0 Å². The van der Waals surface area contributed by atoms with Crippen LogP contribution in [-0.4, -0.2) is 23.4 Å². The largest absolute Gasteiger partial charge is 0.491 e. The van der Waals surface area contributed by atoms with Crippen molar-refractivity contribution in [3.05, 3.63) is 29.8 Å². The fourth-order valence-electron chi connectivity index (χ4n) is 3.43. The third kappa shape index (κ3) is 2.99. The molecule has 2 aliphatic rings. The monoisotopic (exact) mass is 276 g/mol. The van der Waals surface area contributed by atoms with Gasteiger partial charge in [0.2, 0.25) is 0 Å². The number of rotatable bonds is 4. The van der Waals surface area contributed by atoms with Crippen LogP contribution in [0.3, 0.4) is 0 Å². The van der Waals surface area contributed by atoms with Crippen LogP contribution in [0, 0.1) is 0 Å². The van der Waals surface area contributed by atoms with Crippen molar-refractivity contribution in [1.29, 1.82) is 0 Å². The number of aliphatic hydroxyl groups excluding tert-OH is 1. The SMILES string of the molecule is C[C@H](O)c1ccc(OCC2CCC3(CCCC3)O2)cc1. The number of ether oxygens (including phenoxy) is 2. The molecule has 1 aliphatic carbocycles. The van der Waals surface area contributed by atoms with Gasteiger partial charge in [0.25, 0.3) is 0 Å². The summed E-state index contributed by atoms with van der Waals surface area (Å²) >= 11 is 0. The third-order valence-electron chi connectivity index (χ3n) is 4.65. The van der Waals surface area contributed by atoms with E-state index in [2.05, 4.69) is 0 Å². The predicted octanol–water partition coefficient (Wildman–Crippen LogP) is 3.61. The van der Waals surface area contributed by atoms with Gasteiger partial charge in [-0.3, -0.25) is 0 Å². The zero-order chi connectivity index (χ0) is 14.0. The Kier molecular flexibility index (Phi) is 3.99. The van der Waals surface area contributed by atoms with Crippen LogP contribution in [0.5, 0.6) is 5.75 Å². The van der Waals surface area contributed by atoms with Gasteiger partial charge in [-0.2, -0.15) is 0 Å². The van der Waals surface area contributed by atoms with E-state index in [9.17, 15) is 5.11 Å². The fraction of sp³-hybridized carbons (Fsp3) is 0.647. The lowest BCUT2D eigenvalue weighted by molar-refractivity contribution is -0.0508. The van der Waals surface area contributed by atoms with Crippen LogP contribution in [0.2, 0.25) is 0 Å². The molecule has 1 aromatic carbocycles. The van der Waals surface area contributed by atoms with Gasteiger partial charge in [0.15, 0.2) is 0 Å². The Labute approximate surface area is 120 Å². The van der Waals surface area contributed by atoms with E-state index in [0.717, 1.165) is 17.7 Å². The summed E-state index contributed by atoms with van der Waals surface area (Å²) in [5.74, 6) is 0.852. The first-order valence-corrected chi connectivity index (χ1v) is 7.76. The molecular formula is C17H24O3. The molecule has 1 aliphatic heterocycles. The topological polar surface area (TPSA) is 38.7 Å². The normalized spacial score (nSPS) is 26.0. The van der Waals surface area contributed by atoms with Crippen molar-refractivity contribution >= 4 is 0 Å². The lowest BCUT2D eigenvalue weighted by atomic mass is 9.98. The molecule has 3 rings (SSSR count). The molecule has 3 heteroatoms. The first-order chi connectivity index (χ1) is 9.67. The van der Waals surface area contributed by atoms with Crippen LogP contribution in [0.4, 0.5) is 0 Å². The molecule has 2 fully saturated rings. The second-order valence-corrected chi connectivity index (χ2v) is 6.22. The number of hydrogen-bond donors (Lipinski definition) is 1. The van der Waals surface area contributed by atoms with Gasteiger partial charge in [0, 0.05) is 0 Å². The lowest BCUT2D eigenvalue weighted by Crippen LogP contribution is -2.27. The van der Waals surface area contributed by atoms with Gasteiger partial charge in [-0.1, -0.05) is 25.0 Å². The van der Waals surface area contributed by atoms with Crippen molar-refractivity contribution in [2.24, 2.45) is 0 Å². The van der Waals surface area contributed by atoms with E-state index in [1.54, 1.807) is 6.92 Å². The van der Waals surface area contributed by atoms with Crippen molar-refractivity contribution in [2.75, 3.05) is 6.61 Å².